The molecule has 0 aliphatic heterocycles. The standard InChI is InChI=1S/C36H41N5O6S/c1-36(2,3)47-35(45)39-28(20-25-15-9-5-10-16-25)29(42)21-27(19-24-13-7-4-8-14-24)32-38-22-30(48-32)31(43)40-33(37)41-34(44)46-23-26-17-11-6-12-18-26/h4-18,22,27-29,42H,19-21,23H2,1-3H3,(H,39,45)(H3,37,40,41,43,44)/t27-,28+,29+/m1/s1. The maximum Gasteiger partial charge on any atom is 0.414 e. The quantitative estimate of drug-likeness (QED) is 0.0919. The third-order valence-corrected chi connectivity index (χ3v) is 8.25. The Morgan fingerprint density at radius 3 is 1.98 bits per heavy atom. The van der Waals surface area contributed by atoms with Crippen LogP contribution in [0.2, 0.25) is 0 Å². The van der Waals surface area contributed by atoms with E-state index in [0.717, 1.165) is 28.0 Å². The monoisotopic (exact) mass is 671 g/mol. The lowest BCUT2D eigenvalue weighted by atomic mass is 9.89. The molecule has 0 aliphatic rings. The molecule has 3 aromatic carbocycles. The molecule has 48 heavy (non-hydrogen) atoms. The molecule has 0 radical (unpaired) electrons. The van der Waals surface area contributed by atoms with Gasteiger partial charge in [0.25, 0.3) is 5.91 Å². The number of aromatic nitrogens is 1. The largest absolute Gasteiger partial charge is 0.444 e. The number of aliphatic hydroxyl groups excluding tert-OH is 1. The highest BCUT2D eigenvalue weighted by Crippen LogP contribution is 2.31. The molecule has 0 saturated carbocycles. The molecule has 4 aromatic rings. The van der Waals surface area contributed by atoms with E-state index in [9.17, 15) is 19.5 Å². The van der Waals surface area contributed by atoms with Gasteiger partial charge in [-0.3, -0.25) is 20.8 Å². The second-order valence-electron chi connectivity index (χ2n) is 12.2. The summed E-state index contributed by atoms with van der Waals surface area (Å²) in [6.07, 6.45) is 0.0102. The van der Waals surface area contributed by atoms with Crippen molar-refractivity contribution in [2.24, 2.45) is 0 Å². The molecular weight excluding hydrogens is 630 g/mol. The average molecular weight is 672 g/mol. The number of hydrogen-bond acceptors (Lipinski definition) is 9. The van der Waals surface area contributed by atoms with E-state index in [0.29, 0.717) is 17.8 Å². The van der Waals surface area contributed by atoms with Gasteiger partial charge >= 0.3 is 12.2 Å². The van der Waals surface area contributed by atoms with Crippen molar-refractivity contribution in [1.82, 2.24) is 20.9 Å². The lowest BCUT2D eigenvalue weighted by molar-refractivity contribution is 0.0404. The van der Waals surface area contributed by atoms with Crippen LogP contribution in [0, 0.1) is 5.41 Å². The first-order valence-electron chi connectivity index (χ1n) is 15.5. The Labute approximate surface area is 284 Å². The van der Waals surface area contributed by atoms with E-state index in [4.69, 9.17) is 14.9 Å². The van der Waals surface area contributed by atoms with E-state index >= 15 is 0 Å². The maximum absolute atomic E-state index is 13.0. The summed E-state index contributed by atoms with van der Waals surface area (Å²) in [4.78, 5) is 42.7. The molecule has 0 unspecified atom stereocenters. The number of hydrogen-bond donors (Lipinski definition) is 5. The van der Waals surface area contributed by atoms with Crippen molar-refractivity contribution in [2.45, 2.75) is 70.3 Å². The molecule has 0 aliphatic carbocycles. The molecule has 252 valence electrons. The highest BCUT2D eigenvalue weighted by atomic mass is 32.1. The van der Waals surface area contributed by atoms with E-state index in [1.807, 2.05) is 78.9 Å². The molecule has 0 saturated heterocycles. The number of benzene rings is 3. The lowest BCUT2D eigenvalue weighted by Gasteiger charge is -2.29. The molecule has 5 N–H and O–H groups in total. The topological polar surface area (TPSA) is 163 Å². The Bertz CT molecular complexity index is 1640. The van der Waals surface area contributed by atoms with Crippen LogP contribution in [0.15, 0.2) is 97.2 Å². The number of carbonyl (C=O) groups excluding carboxylic acids is 3. The van der Waals surface area contributed by atoms with Crippen LogP contribution in [0.5, 0.6) is 0 Å². The molecule has 3 amide bonds. The molecule has 0 fully saturated rings. The van der Waals surface area contributed by atoms with Crippen LogP contribution in [0.1, 0.15) is 64.5 Å². The van der Waals surface area contributed by atoms with Gasteiger partial charge in [-0.2, -0.15) is 0 Å². The summed E-state index contributed by atoms with van der Waals surface area (Å²) >= 11 is 1.13. The van der Waals surface area contributed by atoms with Gasteiger partial charge < -0.3 is 19.9 Å². The van der Waals surface area contributed by atoms with Crippen molar-refractivity contribution in [2.75, 3.05) is 0 Å². The van der Waals surface area contributed by atoms with Crippen LogP contribution in [-0.2, 0) is 28.9 Å². The van der Waals surface area contributed by atoms with Crippen molar-refractivity contribution in [3.8, 4) is 0 Å². The van der Waals surface area contributed by atoms with Gasteiger partial charge in [0, 0.05) is 5.92 Å². The molecule has 1 heterocycles. The van der Waals surface area contributed by atoms with E-state index in [1.54, 1.807) is 32.9 Å². The van der Waals surface area contributed by atoms with Crippen LogP contribution in [0.3, 0.4) is 0 Å². The summed E-state index contributed by atoms with van der Waals surface area (Å²) in [5.41, 5.74) is 2.01. The number of thiazole rings is 1. The average Bonchev–Trinajstić information content (AvgIpc) is 3.54. The first kappa shape index (κ1) is 35.8. The zero-order valence-electron chi connectivity index (χ0n) is 27.1. The highest BCUT2D eigenvalue weighted by Gasteiger charge is 2.29. The third-order valence-electron chi connectivity index (χ3n) is 7.09. The lowest BCUT2D eigenvalue weighted by Crippen LogP contribution is -2.47. The first-order valence-corrected chi connectivity index (χ1v) is 16.4. The van der Waals surface area contributed by atoms with Gasteiger partial charge in [-0.05, 0) is 56.7 Å². The number of amides is 3. The van der Waals surface area contributed by atoms with Crippen molar-refractivity contribution in [3.63, 3.8) is 0 Å². The van der Waals surface area contributed by atoms with E-state index in [2.05, 4.69) is 20.9 Å². The fourth-order valence-corrected chi connectivity index (χ4v) is 5.81. The number of rotatable bonds is 12. The van der Waals surface area contributed by atoms with Gasteiger partial charge in [0.1, 0.15) is 17.1 Å². The minimum Gasteiger partial charge on any atom is -0.444 e. The number of guanidine groups is 1. The van der Waals surface area contributed by atoms with Crippen LogP contribution in [-0.4, -0.2) is 51.9 Å². The molecule has 11 nitrogen and oxygen atoms in total. The zero-order chi connectivity index (χ0) is 34.5. The first-order chi connectivity index (χ1) is 22.9. The fraction of sp³-hybridized carbons (Fsp3) is 0.306. The van der Waals surface area contributed by atoms with E-state index in [-0.39, 0.29) is 23.8 Å². The van der Waals surface area contributed by atoms with Crippen molar-refractivity contribution < 1.29 is 29.0 Å². The normalized spacial score (nSPS) is 13.0. The minimum atomic E-state index is -0.994. The predicted octanol–water partition coefficient (Wildman–Crippen LogP) is 5.95. The Morgan fingerprint density at radius 2 is 1.40 bits per heavy atom. The van der Waals surface area contributed by atoms with E-state index < -0.39 is 41.8 Å². The van der Waals surface area contributed by atoms with Crippen molar-refractivity contribution in [1.29, 1.82) is 5.41 Å². The van der Waals surface area contributed by atoms with E-state index in [1.165, 1.54) is 6.20 Å². The third kappa shape index (κ3) is 11.9. The number of aliphatic hydroxyl groups is 1. The SMILES string of the molecule is CC(C)(C)OC(=O)N[C@@H](Cc1ccccc1)[C@@H](O)C[C@@H](Cc1ccccc1)c1ncc(C(=O)NC(=N)NC(=O)OCc2ccccc2)s1. The predicted molar refractivity (Wildman–Crippen MR) is 184 cm³/mol. The van der Waals surface area contributed by atoms with Crippen LogP contribution < -0.4 is 16.0 Å². The Kier molecular flexibility index (Phi) is 12.8. The highest BCUT2D eigenvalue weighted by molar-refractivity contribution is 7.13. The summed E-state index contributed by atoms with van der Waals surface area (Å²) < 4.78 is 10.6. The van der Waals surface area contributed by atoms with Gasteiger partial charge in [-0.25, -0.2) is 14.6 Å². The Morgan fingerprint density at radius 1 is 0.833 bits per heavy atom. The Hall–Kier alpha value is -5.07. The van der Waals surface area contributed by atoms with Crippen LogP contribution in [0.4, 0.5) is 9.59 Å². The molecule has 0 bridgehead atoms. The minimum absolute atomic E-state index is 0.0141. The van der Waals surface area contributed by atoms with Crippen LogP contribution >= 0.6 is 11.3 Å². The van der Waals surface area contributed by atoms with Gasteiger partial charge in [0.2, 0.25) is 5.96 Å². The summed E-state index contributed by atoms with van der Waals surface area (Å²) in [7, 11) is 0. The van der Waals surface area contributed by atoms with Crippen LogP contribution in [0.25, 0.3) is 0 Å². The smallest absolute Gasteiger partial charge is 0.414 e. The molecule has 12 heteroatoms. The number of carbonyl (C=O) groups is 3. The number of nitrogens with zero attached hydrogens (tertiary/aromatic N) is 1. The Balaban J connectivity index is 1.45. The fourth-order valence-electron chi connectivity index (χ4n) is 4.89. The maximum atomic E-state index is 13.0. The summed E-state index contributed by atoms with van der Waals surface area (Å²) in [5.74, 6) is -1.49. The summed E-state index contributed by atoms with van der Waals surface area (Å²) in [6.45, 7) is 5.34. The van der Waals surface area contributed by atoms with Crippen molar-refractivity contribution in [3.05, 3.63) is 124 Å². The number of ether oxygens (including phenoxy) is 2. The molecular formula is C36H41N5O6S. The molecule has 3 atom stereocenters. The van der Waals surface area contributed by atoms with Gasteiger partial charge in [0.15, 0.2) is 0 Å². The second kappa shape index (κ2) is 17.2. The second-order valence-corrected chi connectivity index (χ2v) is 13.3. The van der Waals surface area contributed by atoms with Gasteiger partial charge in [-0.1, -0.05) is 91.0 Å². The molecule has 0 spiro atoms. The van der Waals surface area contributed by atoms with Gasteiger partial charge in [0.05, 0.1) is 23.4 Å². The zero-order valence-corrected chi connectivity index (χ0v) is 28.0. The molecule has 1 aromatic heterocycles. The summed E-state index contributed by atoms with van der Waals surface area (Å²) in [6, 6.07) is 27.7. The van der Waals surface area contributed by atoms with Gasteiger partial charge in [-0.15, -0.1) is 11.3 Å². The van der Waals surface area contributed by atoms with Crippen molar-refractivity contribution >= 4 is 35.4 Å². The number of nitrogens with one attached hydrogen (secondary N) is 4. The summed E-state index contributed by atoms with van der Waals surface area (Å²) in [5, 5.41) is 27.6. The number of alkyl carbamates (subject to hydrolysis) is 2. The molecule has 4 rings (SSSR count).